The maximum atomic E-state index is 14.1. The second-order valence-corrected chi connectivity index (χ2v) is 12.5. The molecule has 0 unspecified atom stereocenters. The molecule has 238 valence electrons. The van der Waals surface area contributed by atoms with E-state index in [9.17, 15) is 14.4 Å². The molecule has 0 aliphatic rings. The minimum absolute atomic E-state index is 0.146. The van der Waals surface area contributed by atoms with E-state index in [1.54, 1.807) is 0 Å². The van der Waals surface area contributed by atoms with E-state index < -0.39 is 24.1 Å². The van der Waals surface area contributed by atoms with Gasteiger partial charge in [0.15, 0.2) is 0 Å². The molecule has 8 nitrogen and oxygen atoms in total. The van der Waals surface area contributed by atoms with Crippen molar-refractivity contribution in [1.82, 2.24) is 20.9 Å². The van der Waals surface area contributed by atoms with Gasteiger partial charge in [-0.15, -0.1) is 0 Å². The van der Waals surface area contributed by atoms with Crippen LogP contribution in [0.4, 0.5) is 0 Å². The lowest BCUT2D eigenvalue weighted by atomic mass is 9.98. The summed E-state index contributed by atoms with van der Waals surface area (Å²) in [4.78, 5) is 44.2. The van der Waals surface area contributed by atoms with Gasteiger partial charge in [-0.05, 0) is 53.9 Å². The monoisotopic (exact) mass is 610 g/mol. The van der Waals surface area contributed by atoms with E-state index in [0.29, 0.717) is 25.8 Å². The summed E-state index contributed by atoms with van der Waals surface area (Å²) < 4.78 is 5.72. The molecule has 4 aromatic rings. The van der Waals surface area contributed by atoms with Crippen molar-refractivity contribution < 1.29 is 19.1 Å². The maximum absolute atomic E-state index is 14.1. The first-order valence-corrected chi connectivity index (χ1v) is 15.8. The highest BCUT2D eigenvalue weighted by Gasteiger charge is 2.31. The Hall–Kier alpha value is -4.43. The third-order valence-electron chi connectivity index (χ3n) is 7.68. The fraction of sp³-hybridized carbons (Fsp3) is 0.378. The number of H-pyrrole nitrogens is 1. The highest BCUT2D eigenvalue weighted by Crippen LogP contribution is 2.20. The first kappa shape index (κ1) is 33.5. The van der Waals surface area contributed by atoms with Gasteiger partial charge in [-0.25, -0.2) is 0 Å². The average Bonchev–Trinajstić information content (AvgIpc) is 3.44. The zero-order valence-corrected chi connectivity index (χ0v) is 26.7. The molecule has 0 spiro atoms. The van der Waals surface area contributed by atoms with Crippen LogP contribution in [0.3, 0.4) is 0 Å². The predicted octanol–water partition coefficient (Wildman–Crippen LogP) is 5.67. The van der Waals surface area contributed by atoms with E-state index in [0.717, 1.165) is 27.6 Å². The van der Waals surface area contributed by atoms with Crippen LogP contribution in [0.15, 0.2) is 91.1 Å². The minimum atomic E-state index is -0.797. The highest BCUT2D eigenvalue weighted by atomic mass is 16.5. The van der Waals surface area contributed by atoms with E-state index in [1.807, 2.05) is 119 Å². The van der Waals surface area contributed by atoms with Crippen LogP contribution in [0.25, 0.3) is 10.9 Å². The van der Waals surface area contributed by atoms with Crippen molar-refractivity contribution in [3.05, 3.63) is 108 Å². The Morgan fingerprint density at radius 2 is 1.31 bits per heavy atom. The Bertz CT molecular complexity index is 1520. The van der Waals surface area contributed by atoms with Crippen molar-refractivity contribution in [2.24, 2.45) is 11.8 Å². The van der Waals surface area contributed by atoms with Crippen molar-refractivity contribution >= 4 is 28.7 Å². The summed E-state index contributed by atoms with van der Waals surface area (Å²) in [6.07, 6.45) is 3.17. The predicted molar refractivity (Wildman–Crippen MR) is 178 cm³/mol. The molecule has 4 N–H and O–H groups in total. The third-order valence-corrected chi connectivity index (χ3v) is 7.68. The summed E-state index contributed by atoms with van der Waals surface area (Å²) in [7, 11) is 0. The van der Waals surface area contributed by atoms with Crippen LogP contribution in [0.1, 0.15) is 57.2 Å². The maximum Gasteiger partial charge on any atom is 0.323 e. The van der Waals surface area contributed by atoms with Gasteiger partial charge in [0.05, 0.1) is 6.04 Å². The largest absolute Gasteiger partial charge is 0.460 e. The Kier molecular flexibility index (Phi) is 12.3. The van der Waals surface area contributed by atoms with Gasteiger partial charge in [-0.1, -0.05) is 107 Å². The van der Waals surface area contributed by atoms with Crippen LogP contribution in [0, 0.1) is 11.8 Å². The van der Waals surface area contributed by atoms with Gasteiger partial charge in [0, 0.05) is 23.6 Å². The molecule has 0 saturated heterocycles. The number of esters is 1. The number of aromatic amines is 1. The van der Waals surface area contributed by atoms with Gasteiger partial charge in [-0.3, -0.25) is 19.7 Å². The normalized spacial score (nSPS) is 13.4. The van der Waals surface area contributed by atoms with Crippen LogP contribution in [-0.2, 0) is 38.7 Å². The molecule has 3 aromatic carbocycles. The zero-order valence-electron chi connectivity index (χ0n) is 26.7. The molecule has 0 aliphatic carbocycles. The Morgan fingerprint density at radius 3 is 1.98 bits per heavy atom. The van der Waals surface area contributed by atoms with Crippen molar-refractivity contribution in [3.63, 3.8) is 0 Å². The van der Waals surface area contributed by atoms with Gasteiger partial charge in [0.25, 0.3) is 0 Å². The van der Waals surface area contributed by atoms with E-state index in [-0.39, 0.29) is 30.3 Å². The standard InChI is InChI=1S/C37H46N4O4/c1-25(2)19-32(35(42)39-22-27-13-7-5-8-14-27)41-36(43)33(21-29-23-38-31-18-12-11-17-30(29)31)40-34(20-26(3)4)37(44)45-24-28-15-9-6-10-16-28/h5-18,23,25-26,32-34,38,40H,19-22,24H2,1-4H3,(H,39,42)(H,41,43)/t32-,33-,34+/m0/s1. The van der Waals surface area contributed by atoms with Crippen molar-refractivity contribution in [3.8, 4) is 0 Å². The number of hydrogen-bond acceptors (Lipinski definition) is 5. The average molecular weight is 611 g/mol. The van der Waals surface area contributed by atoms with Gasteiger partial charge >= 0.3 is 5.97 Å². The molecule has 3 atom stereocenters. The molecule has 2 amide bonds. The van der Waals surface area contributed by atoms with Crippen LogP contribution in [0.5, 0.6) is 0 Å². The third kappa shape index (κ3) is 10.3. The van der Waals surface area contributed by atoms with Crippen LogP contribution < -0.4 is 16.0 Å². The molecule has 0 radical (unpaired) electrons. The number of carbonyl (C=O) groups excluding carboxylic acids is 3. The number of benzene rings is 3. The Morgan fingerprint density at radius 1 is 0.711 bits per heavy atom. The molecular weight excluding hydrogens is 564 g/mol. The lowest BCUT2D eigenvalue weighted by molar-refractivity contribution is -0.148. The summed E-state index contributed by atoms with van der Waals surface area (Å²) in [5, 5.41) is 10.4. The molecule has 1 aromatic heterocycles. The van der Waals surface area contributed by atoms with Crippen molar-refractivity contribution in [2.75, 3.05) is 0 Å². The zero-order chi connectivity index (χ0) is 32.2. The number of carbonyl (C=O) groups is 3. The molecule has 1 heterocycles. The number of amides is 2. The Balaban J connectivity index is 1.55. The second-order valence-electron chi connectivity index (χ2n) is 12.5. The lowest BCUT2D eigenvalue weighted by Gasteiger charge is -2.28. The van der Waals surface area contributed by atoms with Crippen LogP contribution in [-0.4, -0.2) is 40.9 Å². The molecule has 8 heteroatoms. The summed E-state index contributed by atoms with van der Waals surface area (Å²) >= 11 is 0. The van der Waals surface area contributed by atoms with Gasteiger partial charge in [0.2, 0.25) is 11.8 Å². The van der Waals surface area contributed by atoms with E-state index in [4.69, 9.17) is 4.74 Å². The molecule has 45 heavy (non-hydrogen) atoms. The number of rotatable bonds is 16. The van der Waals surface area contributed by atoms with E-state index >= 15 is 0 Å². The summed E-state index contributed by atoms with van der Waals surface area (Å²) in [6.45, 7) is 8.62. The summed E-state index contributed by atoms with van der Waals surface area (Å²) in [5.41, 5.74) is 3.77. The molecule has 4 rings (SSSR count). The number of aromatic nitrogens is 1. The first-order valence-electron chi connectivity index (χ1n) is 15.8. The quantitative estimate of drug-likeness (QED) is 0.122. The molecule has 0 bridgehead atoms. The smallest absolute Gasteiger partial charge is 0.323 e. The van der Waals surface area contributed by atoms with Gasteiger partial charge in [0.1, 0.15) is 18.7 Å². The van der Waals surface area contributed by atoms with E-state index in [2.05, 4.69) is 20.9 Å². The lowest BCUT2D eigenvalue weighted by Crippen LogP contribution is -2.56. The first-order chi connectivity index (χ1) is 21.7. The topological polar surface area (TPSA) is 112 Å². The number of nitrogens with one attached hydrogen (secondary N) is 4. The van der Waals surface area contributed by atoms with Gasteiger partial charge < -0.3 is 20.4 Å². The second kappa shape index (κ2) is 16.6. The van der Waals surface area contributed by atoms with Crippen LogP contribution >= 0.6 is 0 Å². The minimum Gasteiger partial charge on any atom is -0.460 e. The molecule has 0 saturated carbocycles. The summed E-state index contributed by atoms with van der Waals surface area (Å²) in [5.74, 6) is -0.665. The molecular formula is C37H46N4O4. The fourth-order valence-corrected chi connectivity index (χ4v) is 5.41. The molecule has 0 fully saturated rings. The highest BCUT2D eigenvalue weighted by molar-refractivity contribution is 5.91. The van der Waals surface area contributed by atoms with Gasteiger partial charge in [-0.2, -0.15) is 0 Å². The number of para-hydroxylation sites is 1. The SMILES string of the molecule is CC(C)C[C@H](NC(=O)[C@H](Cc1c[nH]c2ccccc12)N[C@H](CC(C)C)C(=O)OCc1ccccc1)C(=O)NCc1ccccc1. The molecule has 0 aliphatic heterocycles. The van der Waals surface area contributed by atoms with Crippen molar-refractivity contribution in [1.29, 1.82) is 0 Å². The number of ether oxygens (including phenoxy) is 1. The number of fused-ring (bicyclic) bond motifs is 1. The van der Waals surface area contributed by atoms with Crippen molar-refractivity contribution in [2.45, 2.75) is 78.2 Å². The van der Waals surface area contributed by atoms with E-state index in [1.165, 1.54) is 0 Å². The van der Waals surface area contributed by atoms with Crippen LogP contribution in [0.2, 0.25) is 0 Å². The fourth-order valence-electron chi connectivity index (χ4n) is 5.41. The Labute approximate surface area is 266 Å². The summed E-state index contributed by atoms with van der Waals surface area (Å²) in [6, 6.07) is 24.9. The number of hydrogen-bond donors (Lipinski definition) is 4.